The standard InChI is InChI=1S/C13H16N4O3/c14-5-11-4-12(17(19)20)7-16-13(11)15-6-9-2-1-3-10(9)8-18/h4,7,9-10,18H,1-3,6,8H2,(H,15,16). The fourth-order valence-corrected chi connectivity index (χ4v) is 2.63. The van der Waals surface area contributed by atoms with Gasteiger partial charge in [0.15, 0.2) is 0 Å². The number of nitriles is 1. The highest BCUT2D eigenvalue weighted by Gasteiger charge is 2.26. The van der Waals surface area contributed by atoms with Crippen molar-refractivity contribution >= 4 is 11.5 Å². The van der Waals surface area contributed by atoms with E-state index in [0.29, 0.717) is 18.3 Å². The van der Waals surface area contributed by atoms with Crippen LogP contribution >= 0.6 is 0 Å². The molecule has 1 aliphatic rings. The van der Waals surface area contributed by atoms with E-state index in [1.165, 1.54) is 6.07 Å². The number of hydrogen-bond donors (Lipinski definition) is 2. The van der Waals surface area contributed by atoms with E-state index in [2.05, 4.69) is 10.3 Å². The molecular formula is C13H16N4O3. The minimum absolute atomic E-state index is 0.165. The van der Waals surface area contributed by atoms with Crippen molar-refractivity contribution < 1.29 is 10.0 Å². The summed E-state index contributed by atoms with van der Waals surface area (Å²) in [5.41, 5.74) is -0.0288. The maximum atomic E-state index is 10.6. The van der Waals surface area contributed by atoms with E-state index < -0.39 is 4.92 Å². The Hall–Kier alpha value is -2.20. The highest BCUT2D eigenvalue weighted by molar-refractivity contribution is 5.55. The highest BCUT2D eigenvalue weighted by atomic mass is 16.6. The van der Waals surface area contributed by atoms with Crippen molar-refractivity contribution in [2.24, 2.45) is 11.8 Å². The molecule has 2 unspecified atom stereocenters. The van der Waals surface area contributed by atoms with Gasteiger partial charge in [0.2, 0.25) is 0 Å². The molecule has 1 aromatic heterocycles. The van der Waals surface area contributed by atoms with Gasteiger partial charge in [0.1, 0.15) is 23.6 Å². The molecule has 1 aliphatic carbocycles. The van der Waals surface area contributed by atoms with E-state index in [1.807, 2.05) is 6.07 Å². The summed E-state index contributed by atoms with van der Waals surface area (Å²) in [7, 11) is 0. The molecule has 0 aromatic carbocycles. The van der Waals surface area contributed by atoms with Gasteiger partial charge < -0.3 is 10.4 Å². The van der Waals surface area contributed by atoms with E-state index in [4.69, 9.17) is 5.26 Å². The minimum Gasteiger partial charge on any atom is -0.396 e. The fraction of sp³-hybridized carbons (Fsp3) is 0.538. The summed E-state index contributed by atoms with van der Waals surface area (Å²) in [5.74, 6) is 0.997. The molecule has 2 N–H and O–H groups in total. The Morgan fingerprint density at radius 2 is 2.30 bits per heavy atom. The van der Waals surface area contributed by atoms with E-state index in [-0.39, 0.29) is 23.8 Å². The van der Waals surface area contributed by atoms with Gasteiger partial charge in [-0.15, -0.1) is 0 Å². The molecule has 1 fully saturated rings. The number of nitrogens with zero attached hydrogens (tertiary/aromatic N) is 3. The third-order valence-corrected chi connectivity index (χ3v) is 3.79. The lowest BCUT2D eigenvalue weighted by Crippen LogP contribution is -2.21. The van der Waals surface area contributed by atoms with Crippen LogP contribution in [-0.2, 0) is 0 Å². The Bertz CT molecular complexity index is 541. The third kappa shape index (κ3) is 3.03. The molecular weight excluding hydrogens is 260 g/mol. The number of rotatable bonds is 5. The second kappa shape index (κ2) is 6.30. The zero-order valence-electron chi connectivity index (χ0n) is 11.0. The summed E-state index contributed by atoms with van der Waals surface area (Å²) in [6.07, 6.45) is 4.28. The molecule has 0 radical (unpaired) electrons. The second-order valence-electron chi connectivity index (χ2n) is 4.97. The first-order valence-electron chi connectivity index (χ1n) is 6.55. The predicted octanol–water partition coefficient (Wildman–Crippen LogP) is 1.68. The first kappa shape index (κ1) is 14.2. The highest BCUT2D eigenvalue weighted by Crippen LogP contribution is 2.31. The Kier molecular flexibility index (Phi) is 4.48. The summed E-state index contributed by atoms with van der Waals surface area (Å²) in [6.45, 7) is 0.788. The van der Waals surface area contributed by atoms with Gasteiger partial charge in [0.05, 0.1) is 4.92 Å². The van der Waals surface area contributed by atoms with Crippen LogP contribution in [0.3, 0.4) is 0 Å². The Morgan fingerprint density at radius 3 is 2.95 bits per heavy atom. The van der Waals surface area contributed by atoms with Crippen LogP contribution in [0.15, 0.2) is 12.3 Å². The number of pyridine rings is 1. The molecule has 7 nitrogen and oxygen atoms in total. The molecule has 7 heteroatoms. The maximum absolute atomic E-state index is 10.6. The summed E-state index contributed by atoms with van der Waals surface area (Å²) in [5, 5.41) is 32.0. The van der Waals surface area contributed by atoms with Crippen LogP contribution in [0.2, 0.25) is 0 Å². The SMILES string of the molecule is N#Cc1cc([N+](=O)[O-])cnc1NCC1CCCC1CO. The molecule has 2 rings (SSSR count). The van der Waals surface area contributed by atoms with Gasteiger partial charge in [-0.25, -0.2) is 4.98 Å². The van der Waals surface area contributed by atoms with Crippen molar-refractivity contribution in [3.8, 4) is 6.07 Å². The molecule has 2 atom stereocenters. The van der Waals surface area contributed by atoms with Crippen LogP contribution in [0.1, 0.15) is 24.8 Å². The normalized spacial score (nSPS) is 21.4. The van der Waals surface area contributed by atoms with Gasteiger partial charge in [0, 0.05) is 19.2 Å². The van der Waals surface area contributed by atoms with E-state index >= 15 is 0 Å². The molecule has 106 valence electrons. The van der Waals surface area contributed by atoms with E-state index in [9.17, 15) is 15.2 Å². The molecule has 1 saturated carbocycles. The average Bonchev–Trinajstić information content (AvgIpc) is 2.92. The van der Waals surface area contributed by atoms with E-state index in [0.717, 1.165) is 25.5 Å². The van der Waals surface area contributed by atoms with Crippen molar-refractivity contribution in [3.05, 3.63) is 27.9 Å². The van der Waals surface area contributed by atoms with Crippen LogP contribution in [0, 0.1) is 33.3 Å². The lowest BCUT2D eigenvalue weighted by atomic mass is 9.97. The number of nitro groups is 1. The van der Waals surface area contributed by atoms with Crippen LogP contribution in [-0.4, -0.2) is 28.2 Å². The third-order valence-electron chi connectivity index (χ3n) is 3.79. The monoisotopic (exact) mass is 276 g/mol. The molecule has 20 heavy (non-hydrogen) atoms. The number of aliphatic hydroxyl groups is 1. The molecule has 1 heterocycles. The van der Waals surface area contributed by atoms with Gasteiger partial charge in [-0.3, -0.25) is 10.1 Å². The van der Waals surface area contributed by atoms with Crippen LogP contribution in [0.4, 0.5) is 11.5 Å². The Morgan fingerprint density at radius 1 is 1.55 bits per heavy atom. The lowest BCUT2D eigenvalue weighted by molar-refractivity contribution is -0.385. The summed E-state index contributed by atoms with van der Waals surface area (Å²) >= 11 is 0. The quantitative estimate of drug-likeness (QED) is 0.625. The topological polar surface area (TPSA) is 112 Å². The van der Waals surface area contributed by atoms with Crippen LogP contribution in [0.25, 0.3) is 0 Å². The van der Waals surface area contributed by atoms with Crippen molar-refractivity contribution in [1.82, 2.24) is 4.98 Å². The molecule has 1 aromatic rings. The van der Waals surface area contributed by atoms with Gasteiger partial charge >= 0.3 is 0 Å². The van der Waals surface area contributed by atoms with Gasteiger partial charge in [-0.1, -0.05) is 6.42 Å². The molecule has 0 spiro atoms. The molecule has 0 saturated heterocycles. The number of hydrogen-bond acceptors (Lipinski definition) is 6. The zero-order valence-corrected chi connectivity index (χ0v) is 11.0. The van der Waals surface area contributed by atoms with Crippen molar-refractivity contribution in [2.45, 2.75) is 19.3 Å². The van der Waals surface area contributed by atoms with Gasteiger partial charge in [-0.05, 0) is 24.7 Å². The zero-order chi connectivity index (χ0) is 14.5. The van der Waals surface area contributed by atoms with Crippen molar-refractivity contribution in [3.63, 3.8) is 0 Å². The first-order valence-corrected chi connectivity index (χ1v) is 6.55. The maximum Gasteiger partial charge on any atom is 0.289 e. The van der Waals surface area contributed by atoms with Gasteiger partial charge in [0.25, 0.3) is 5.69 Å². The molecule has 0 amide bonds. The average molecular weight is 276 g/mol. The Labute approximate surface area is 116 Å². The van der Waals surface area contributed by atoms with Crippen molar-refractivity contribution in [1.29, 1.82) is 5.26 Å². The summed E-state index contributed by atoms with van der Waals surface area (Å²) in [4.78, 5) is 14.0. The predicted molar refractivity (Wildman–Crippen MR) is 72.0 cm³/mol. The van der Waals surface area contributed by atoms with Crippen LogP contribution in [0.5, 0.6) is 0 Å². The summed E-state index contributed by atoms with van der Waals surface area (Å²) < 4.78 is 0. The lowest BCUT2D eigenvalue weighted by Gasteiger charge is -2.18. The second-order valence-corrected chi connectivity index (χ2v) is 4.97. The fourth-order valence-electron chi connectivity index (χ4n) is 2.63. The Balaban J connectivity index is 2.06. The van der Waals surface area contributed by atoms with E-state index in [1.54, 1.807) is 0 Å². The smallest absolute Gasteiger partial charge is 0.289 e. The largest absolute Gasteiger partial charge is 0.396 e. The molecule has 0 bridgehead atoms. The first-order chi connectivity index (χ1) is 9.65. The van der Waals surface area contributed by atoms with Gasteiger partial charge in [-0.2, -0.15) is 5.26 Å². The minimum atomic E-state index is -0.573. The number of nitrogens with one attached hydrogen (secondary N) is 1. The summed E-state index contributed by atoms with van der Waals surface area (Å²) in [6, 6.07) is 3.13. The van der Waals surface area contributed by atoms with Crippen molar-refractivity contribution in [2.75, 3.05) is 18.5 Å². The van der Waals surface area contributed by atoms with Crippen LogP contribution < -0.4 is 5.32 Å². The number of anilines is 1. The molecule has 0 aliphatic heterocycles. The number of aliphatic hydroxyl groups excluding tert-OH is 1. The number of aromatic nitrogens is 1.